The van der Waals surface area contributed by atoms with Crippen LogP contribution in [-0.4, -0.2) is 26.5 Å². The molecule has 1 atom stereocenters. The molecule has 3 heteroatoms. The zero-order chi connectivity index (χ0) is 7.28. The molecule has 0 aliphatic carbocycles. The molecule has 2 N–H and O–H groups in total. The summed E-state index contributed by atoms with van der Waals surface area (Å²) >= 11 is 0. The Morgan fingerprint density at radius 2 is 2.11 bits per heavy atom. The Morgan fingerprint density at radius 3 is 2.44 bits per heavy atom. The zero-order valence-electron chi connectivity index (χ0n) is 6.19. The van der Waals surface area contributed by atoms with Gasteiger partial charge in [-0.2, -0.15) is 0 Å². The van der Waals surface area contributed by atoms with E-state index in [1.165, 1.54) is 0 Å². The predicted octanol–water partition coefficient (Wildman–Crippen LogP) is -0.412. The first-order chi connectivity index (χ1) is 4.22. The van der Waals surface area contributed by atoms with E-state index < -0.39 is 0 Å². The number of hydrogen-bond donors (Lipinski definition) is 2. The normalized spacial score (nSPS) is 12.8. The highest BCUT2D eigenvalue weighted by Gasteiger charge is 2.07. The molecule has 1 amide bonds. The first-order valence-corrected chi connectivity index (χ1v) is 3.08. The number of nitrogens with one attached hydrogen (secondary N) is 2. The summed E-state index contributed by atoms with van der Waals surface area (Å²) in [5.41, 5.74) is 0. The standard InChI is InChI=1S/C6H14N2O/c1-5(4-7-2)6(9)8-3/h5,7H,4H2,1-3H3,(H,8,9)/t5-/m0/s1. The number of carbonyl (C=O) groups excluding carboxylic acids is 1. The van der Waals surface area contributed by atoms with Gasteiger partial charge in [-0.05, 0) is 7.05 Å². The topological polar surface area (TPSA) is 41.1 Å². The van der Waals surface area contributed by atoms with Gasteiger partial charge in [-0.25, -0.2) is 0 Å². The Kier molecular flexibility index (Phi) is 4.05. The third kappa shape index (κ3) is 3.08. The van der Waals surface area contributed by atoms with Crippen LogP contribution in [0, 0.1) is 5.92 Å². The van der Waals surface area contributed by atoms with Crippen molar-refractivity contribution in [2.45, 2.75) is 6.92 Å². The van der Waals surface area contributed by atoms with Crippen LogP contribution in [0.25, 0.3) is 0 Å². The van der Waals surface area contributed by atoms with Crippen molar-refractivity contribution in [2.24, 2.45) is 5.92 Å². The monoisotopic (exact) mass is 130 g/mol. The molecule has 3 nitrogen and oxygen atoms in total. The zero-order valence-corrected chi connectivity index (χ0v) is 6.19. The minimum atomic E-state index is 0.0694. The fourth-order valence-electron chi connectivity index (χ4n) is 0.645. The van der Waals surface area contributed by atoms with Crippen LogP contribution < -0.4 is 10.6 Å². The van der Waals surface area contributed by atoms with Gasteiger partial charge in [0.25, 0.3) is 0 Å². The van der Waals surface area contributed by atoms with Gasteiger partial charge < -0.3 is 10.6 Å². The van der Waals surface area contributed by atoms with Gasteiger partial charge in [0.05, 0.1) is 0 Å². The predicted molar refractivity (Wildman–Crippen MR) is 37.2 cm³/mol. The Bertz CT molecular complexity index is 93.1. The molecule has 54 valence electrons. The average molecular weight is 130 g/mol. The van der Waals surface area contributed by atoms with E-state index in [9.17, 15) is 4.79 Å². The first-order valence-electron chi connectivity index (χ1n) is 3.08. The van der Waals surface area contributed by atoms with Gasteiger partial charge in [-0.3, -0.25) is 4.79 Å². The van der Waals surface area contributed by atoms with Crippen LogP contribution in [-0.2, 0) is 4.79 Å². The molecule has 0 aliphatic rings. The van der Waals surface area contributed by atoms with Gasteiger partial charge in [-0.1, -0.05) is 6.92 Å². The van der Waals surface area contributed by atoms with Crippen LogP contribution in [0.4, 0.5) is 0 Å². The average Bonchev–Trinajstić information content (AvgIpc) is 1.87. The van der Waals surface area contributed by atoms with Crippen LogP contribution in [0.5, 0.6) is 0 Å². The van der Waals surface area contributed by atoms with E-state index in [4.69, 9.17) is 0 Å². The second kappa shape index (κ2) is 4.32. The molecule has 0 bridgehead atoms. The Morgan fingerprint density at radius 1 is 1.56 bits per heavy atom. The maximum Gasteiger partial charge on any atom is 0.223 e. The van der Waals surface area contributed by atoms with Gasteiger partial charge in [0.1, 0.15) is 0 Å². The van der Waals surface area contributed by atoms with Crippen molar-refractivity contribution in [1.82, 2.24) is 10.6 Å². The van der Waals surface area contributed by atoms with Gasteiger partial charge >= 0.3 is 0 Å². The molecule has 0 aromatic rings. The molecule has 0 aromatic heterocycles. The Balaban J connectivity index is 3.45. The van der Waals surface area contributed by atoms with E-state index in [0.717, 1.165) is 6.54 Å². The highest BCUT2D eigenvalue weighted by atomic mass is 16.1. The maximum absolute atomic E-state index is 10.8. The molecule has 0 saturated heterocycles. The Labute approximate surface area is 55.8 Å². The fourth-order valence-corrected chi connectivity index (χ4v) is 0.645. The smallest absolute Gasteiger partial charge is 0.223 e. The molecule has 0 aromatic carbocycles. The third-order valence-electron chi connectivity index (χ3n) is 1.20. The highest BCUT2D eigenvalue weighted by Crippen LogP contribution is 1.89. The van der Waals surface area contributed by atoms with Crippen molar-refractivity contribution in [3.05, 3.63) is 0 Å². The molecule has 0 saturated carbocycles. The molecular weight excluding hydrogens is 116 g/mol. The van der Waals surface area contributed by atoms with E-state index in [1.807, 2.05) is 14.0 Å². The van der Waals surface area contributed by atoms with Crippen molar-refractivity contribution in [1.29, 1.82) is 0 Å². The summed E-state index contributed by atoms with van der Waals surface area (Å²) < 4.78 is 0. The van der Waals surface area contributed by atoms with Crippen molar-refractivity contribution in [2.75, 3.05) is 20.6 Å². The summed E-state index contributed by atoms with van der Waals surface area (Å²) in [6.07, 6.45) is 0. The van der Waals surface area contributed by atoms with Crippen LogP contribution in [0.1, 0.15) is 6.92 Å². The maximum atomic E-state index is 10.8. The lowest BCUT2D eigenvalue weighted by Crippen LogP contribution is -2.31. The first kappa shape index (κ1) is 8.43. The van der Waals surface area contributed by atoms with E-state index in [1.54, 1.807) is 7.05 Å². The molecule has 0 aliphatic heterocycles. The Hall–Kier alpha value is -0.570. The second-order valence-corrected chi connectivity index (χ2v) is 2.07. The molecule has 0 heterocycles. The summed E-state index contributed by atoms with van der Waals surface area (Å²) in [7, 11) is 3.48. The summed E-state index contributed by atoms with van der Waals surface area (Å²) in [4.78, 5) is 10.8. The molecule has 0 unspecified atom stereocenters. The molecule has 0 rings (SSSR count). The van der Waals surface area contributed by atoms with Crippen molar-refractivity contribution in [3.63, 3.8) is 0 Å². The second-order valence-electron chi connectivity index (χ2n) is 2.07. The fraction of sp³-hybridized carbons (Fsp3) is 0.833. The summed E-state index contributed by atoms with van der Waals surface area (Å²) in [6.45, 7) is 2.62. The van der Waals surface area contributed by atoms with Crippen LogP contribution in [0.15, 0.2) is 0 Å². The number of carbonyl (C=O) groups is 1. The minimum Gasteiger partial charge on any atom is -0.359 e. The third-order valence-corrected chi connectivity index (χ3v) is 1.20. The summed E-state index contributed by atoms with van der Waals surface area (Å²) in [6, 6.07) is 0. The lowest BCUT2D eigenvalue weighted by molar-refractivity contribution is -0.123. The lowest BCUT2D eigenvalue weighted by atomic mass is 10.2. The summed E-state index contributed by atoms with van der Waals surface area (Å²) in [5.74, 6) is 0.157. The van der Waals surface area contributed by atoms with E-state index in [-0.39, 0.29) is 11.8 Å². The van der Waals surface area contributed by atoms with Crippen molar-refractivity contribution >= 4 is 5.91 Å². The number of hydrogen-bond acceptors (Lipinski definition) is 2. The van der Waals surface area contributed by atoms with Gasteiger partial charge in [0.15, 0.2) is 0 Å². The molecule has 0 fully saturated rings. The number of amides is 1. The molecule has 9 heavy (non-hydrogen) atoms. The van der Waals surface area contributed by atoms with E-state index in [0.29, 0.717) is 0 Å². The highest BCUT2D eigenvalue weighted by molar-refractivity contribution is 5.78. The van der Waals surface area contributed by atoms with E-state index in [2.05, 4.69) is 10.6 Å². The van der Waals surface area contributed by atoms with Crippen molar-refractivity contribution in [3.8, 4) is 0 Å². The molecular formula is C6H14N2O. The number of rotatable bonds is 3. The molecule has 0 spiro atoms. The van der Waals surface area contributed by atoms with E-state index >= 15 is 0 Å². The lowest BCUT2D eigenvalue weighted by Gasteiger charge is -2.07. The van der Waals surface area contributed by atoms with Crippen LogP contribution >= 0.6 is 0 Å². The quantitative estimate of drug-likeness (QED) is 0.545. The van der Waals surface area contributed by atoms with Gasteiger partial charge in [0, 0.05) is 19.5 Å². The van der Waals surface area contributed by atoms with Gasteiger partial charge in [0.2, 0.25) is 5.91 Å². The van der Waals surface area contributed by atoms with Crippen LogP contribution in [0.2, 0.25) is 0 Å². The largest absolute Gasteiger partial charge is 0.359 e. The van der Waals surface area contributed by atoms with Gasteiger partial charge in [-0.15, -0.1) is 0 Å². The SMILES string of the molecule is CNC[C@H](C)C(=O)NC. The van der Waals surface area contributed by atoms with Crippen molar-refractivity contribution < 1.29 is 4.79 Å². The van der Waals surface area contributed by atoms with Crippen LogP contribution in [0.3, 0.4) is 0 Å². The molecule has 0 radical (unpaired) electrons. The minimum absolute atomic E-state index is 0.0694. The summed E-state index contributed by atoms with van der Waals surface area (Å²) in [5, 5.41) is 5.49.